The summed E-state index contributed by atoms with van der Waals surface area (Å²) in [7, 11) is 3.33. The quantitative estimate of drug-likeness (QED) is 0.368. The van der Waals surface area contributed by atoms with Crippen LogP contribution in [0.5, 0.6) is 11.5 Å². The van der Waals surface area contributed by atoms with E-state index in [2.05, 4.69) is 38.3 Å². The highest BCUT2D eigenvalue weighted by molar-refractivity contribution is 6.01. The van der Waals surface area contributed by atoms with Crippen molar-refractivity contribution in [3.63, 3.8) is 0 Å². The van der Waals surface area contributed by atoms with Crippen molar-refractivity contribution in [2.75, 3.05) is 33.9 Å². The first-order chi connectivity index (χ1) is 21.8. The molecule has 0 unspecified atom stereocenters. The molecule has 1 aliphatic heterocycles. The lowest BCUT2D eigenvalue weighted by molar-refractivity contribution is -0.147. The van der Waals surface area contributed by atoms with Crippen molar-refractivity contribution in [3.05, 3.63) is 59.7 Å². The van der Waals surface area contributed by atoms with Gasteiger partial charge >= 0.3 is 0 Å². The molecule has 0 aliphatic carbocycles. The summed E-state index contributed by atoms with van der Waals surface area (Å²) in [6, 6.07) is 12.3. The number of rotatable bonds is 10. The molecule has 2 N–H and O–H groups in total. The summed E-state index contributed by atoms with van der Waals surface area (Å²) >= 11 is 0. The Morgan fingerprint density at radius 1 is 0.935 bits per heavy atom. The molecule has 2 aromatic rings. The molecule has 0 saturated carbocycles. The summed E-state index contributed by atoms with van der Waals surface area (Å²) in [4.78, 5) is 57.9. The van der Waals surface area contributed by atoms with Crippen LogP contribution in [0.4, 0.5) is 0 Å². The Labute approximate surface area is 274 Å². The van der Waals surface area contributed by atoms with E-state index in [1.54, 1.807) is 43.3 Å². The molecule has 2 aromatic carbocycles. The van der Waals surface area contributed by atoms with Crippen LogP contribution >= 0.6 is 0 Å². The van der Waals surface area contributed by atoms with Gasteiger partial charge in [0.05, 0.1) is 24.6 Å². The van der Waals surface area contributed by atoms with Gasteiger partial charge in [-0.25, -0.2) is 0 Å². The molecule has 0 bridgehead atoms. The minimum atomic E-state index is -1.19. The fourth-order valence-electron chi connectivity index (χ4n) is 5.62. The van der Waals surface area contributed by atoms with Crippen LogP contribution in [-0.2, 0) is 14.4 Å². The van der Waals surface area contributed by atoms with Gasteiger partial charge in [-0.15, -0.1) is 0 Å². The van der Waals surface area contributed by atoms with E-state index in [4.69, 9.17) is 9.47 Å². The number of amides is 4. The number of hydrogen-bond donors (Lipinski definition) is 2. The molecule has 252 valence electrons. The van der Waals surface area contributed by atoms with Gasteiger partial charge in [0.15, 0.2) is 0 Å². The smallest absolute Gasteiger partial charge is 0.255 e. The average molecular weight is 637 g/mol. The Morgan fingerprint density at radius 3 is 2.26 bits per heavy atom. The first-order valence-electron chi connectivity index (χ1n) is 16.3. The highest BCUT2D eigenvalue weighted by atomic mass is 16.5. The fraction of sp³-hybridized carbons (Fsp3) is 0.556. The van der Waals surface area contributed by atoms with Gasteiger partial charge in [0, 0.05) is 14.1 Å². The molecular formula is C36H52N4O6. The summed E-state index contributed by atoms with van der Waals surface area (Å²) in [6.45, 7) is 12.9. The Bertz CT molecular complexity index is 1340. The molecule has 0 spiro atoms. The van der Waals surface area contributed by atoms with Gasteiger partial charge in [-0.1, -0.05) is 71.9 Å². The number of likely N-dealkylation sites (N-methyl/N-ethyl adjacent to an activating group) is 2. The standard InChI is InChI=1S/C36H52N4O6/c1-23(2)19-26-22-46-32-16-12-10-14-28(32)34(42)38-29(21-33(41)40(8)30(20-24(3)4)36(44)39(26)7)35(43)37-17-18-45-31-15-11-9-13-27(31)25(5)6/h9-16,23-26,29-30H,17-22H2,1-8H3,(H,37,43)(H,38,42)/t26-,29+,30+/m1/s1. The number of carbonyl (C=O) groups is 4. The lowest BCUT2D eigenvalue weighted by Crippen LogP contribution is -2.55. The molecule has 3 rings (SSSR count). The number of ether oxygens (including phenoxy) is 2. The molecule has 0 fully saturated rings. The van der Waals surface area contributed by atoms with Crippen molar-refractivity contribution >= 4 is 23.6 Å². The Morgan fingerprint density at radius 2 is 1.59 bits per heavy atom. The average Bonchev–Trinajstić information content (AvgIpc) is 3.01. The molecule has 3 atom stereocenters. The van der Waals surface area contributed by atoms with Crippen LogP contribution < -0.4 is 20.1 Å². The first kappa shape index (κ1) is 36.4. The molecule has 0 radical (unpaired) electrons. The third-order valence-corrected chi connectivity index (χ3v) is 8.24. The SMILES string of the molecule is CC(C)C[C@@H]1COc2ccccc2C(=O)N[C@H](C(=O)NCCOc2ccccc2C(C)C)CC(=O)N(C)[C@@H](CC(C)C)C(=O)N1C. The van der Waals surface area contributed by atoms with Crippen molar-refractivity contribution in [2.45, 2.75) is 84.8 Å². The number of nitrogens with one attached hydrogen (secondary N) is 2. The van der Waals surface area contributed by atoms with Gasteiger partial charge in [0.1, 0.15) is 36.8 Å². The number of benzene rings is 2. The van der Waals surface area contributed by atoms with Crippen LogP contribution in [0.3, 0.4) is 0 Å². The third-order valence-electron chi connectivity index (χ3n) is 8.24. The number of fused-ring (bicyclic) bond motifs is 1. The second-order valence-corrected chi connectivity index (χ2v) is 13.3. The Kier molecular flexibility index (Phi) is 13.5. The maximum atomic E-state index is 14.0. The van der Waals surface area contributed by atoms with E-state index in [1.165, 1.54) is 4.90 Å². The number of nitrogens with zero attached hydrogens (tertiary/aromatic N) is 2. The van der Waals surface area contributed by atoms with Crippen molar-refractivity contribution in [2.24, 2.45) is 11.8 Å². The van der Waals surface area contributed by atoms with E-state index >= 15 is 0 Å². The van der Waals surface area contributed by atoms with E-state index in [9.17, 15) is 19.2 Å². The van der Waals surface area contributed by atoms with Crippen LogP contribution in [0.1, 0.15) is 82.6 Å². The second-order valence-electron chi connectivity index (χ2n) is 13.3. The Balaban J connectivity index is 1.89. The molecule has 10 heteroatoms. The van der Waals surface area contributed by atoms with Gasteiger partial charge in [-0.05, 0) is 54.4 Å². The predicted molar refractivity (Wildman–Crippen MR) is 179 cm³/mol. The topological polar surface area (TPSA) is 117 Å². The largest absolute Gasteiger partial charge is 0.491 e. The van der Waals surface area contributed by atoms with Gasteiger partial charge in [0.25, 0.3) is 5.91 Å². The number of hydrogen-bond acceptors (Lipinski definition) is 6. The van der Waals surface area contributed by atoms with E-state index < -0.39 is 29.8 Å². The maximum Gasteiger partial charge on any atom is 0.255 e. The van der Waals surface area contributed by atoms with Crippen molar-refractivity contribution < 1.29 is 28.7 Å². The minimum Gasteiger partial charge on any atom is -0.491 e. The first-order valence-corrected chi connectivity index (χ1v) is 16.3. The van der Waals surface area contributed by atoms with E-state index in [0.29, 0.717) is 18.6 Å². The van der Waals surface area contributed by atoms with Crippen molar-refractivity contribution in [1.29, 1.82) is 0 Å². The lowest BCUT2D eigenvalue weighted by atomic mass is 9.98. The molecule has 1 aliphatic rings. The molecule has 0 saturated heterocycles. The van der Waals surface area contributed by atoms with Crippen LogP contribution in [0.2, 0.25) is 0 Å². The zero-order valence-corrected chi connectivity index (χ0v) is 28.7. The van der Waals surface area contributed by atoms with Gasteiger partial charge in [-0.2, -0.15) is 0 Å². The number of carbonyl (C=O) groups excluding carboxylic acids is 4. The molecule has 46 heavy (non-hydrogen) atoms. The van der Waals surface area contributed by atoms with E-state index in [1.807, 2.05) is 38.1 Å². The van der Waals surface area contributed by atoms with E-state index in [0.717, 1.165) is 11.3 Å². The monoisotopic (exact) mass is 636 g/mol. The normalized spacial score (nSPS) is 19.9. The molecule has 1 heterocycles. The summed E-state index contributed by atoms with van der Waals surface area (Å²) in [5.41, 5.74) is 1.30. The summed E-state index contributed by atoms with van der Waals surface area (Å²) < 4.78 is 12.1. The Hall–Kier alpha value is -4.08. The van der Waals surface area contributed by atoms with Crippen LogP contribution in [0.15, 0.2) is 48.5 Å². The van der Waals surface area contributed by atoms with Gasteiger partial charge in [-0.3, -0.25) is 19.2 Å². The highest BCUT2D eigenvalue weighted by Crippen LogP contribution is 2.26. The van der Waals surface area contributed by atoms with Crippen molar-refractivity contribution in [1.82, 2.24) is 20.4 Å². The van der Waals surface area contributed by atoms with Crippen LogP contribution in [0, 0.1) is 11.8 Å². The fourth-order valence-corrected chi connectivity index (χ4v) is 5.62. The van der Waals surface area contributed by atoms with Crippen LogP contribution in [0.25, 0.3) is 0 Å². The summed E-state index contributed by atoms with van der Waals surface area (Å²) in [5, 5.41) is 5.58. The van der Waals surface area contributed by atoms with Crippen LogP contribution in [-0.4, -0.2) is 85.4 Å². The van der Waals surface area contributed by atoms with Gasteiger partial charge in [0.2, 0.25) is 17.7 Å². The summed E-state index contributed by atoms with van der Waals surface area (Å²) in [5.74, 6) is 0.0914. The molecule has 0 aromatic heterocycles. The molecule has 4 amide bonds. The van der Waals surface area contributed by atoms with Gasteiger partial charge < -0.3 is 29.9 Å². The highest BCUT2D eigenvalue weighted by Gasteiger charge is 2.36. The van der Waals surface area contributed by atoms with Crippen molar-refractivity contribution in [3.8, 4) is 11.5 Å². The minimum absolute atomic E-state index is 0.128. The predicted octanol–water partition coefficient (Wildman–Crippen LogP) is 4.63. The molecule has 10 nitrogen and oxygen atoms in total. The second kappa shape index (κ2) is 17.0. The number of para-hydroxylation sites is 2. The maximum absolute atomic E-state index is 14.0. The third kappa shape index (κ3) is 9.96. The summed E-state index contributed by atoms with van der Waals surface area (Å²) in [6.07, 6.45) is 0.800. The van der Waals surface area contributed by atoms with E-state index in [-0.39, 0.29) is 61.4 Å². The zero-order chi connectivity index (χ0) is 34.0. The lowest BCUT2D eigenvalue weighted by Gasteiger charge is -2.37. The zero-order valence-electron chi connectivity index (χ0n) is 28.7. The molecular weight excluding hydrogens is 584 g/mol.